The van der Waals surface area contributed by atoms with E-state index in [9.17, 15) is 4.79 Å². The van der Waals surface area contributed by atoms with Crippen LogP contribution in [0.2, 0.25) is 0 Å². The van der Waals surface area contributed by atoms with E-state index in [-0.39, 0.29) is 24.5 Å². The molecule has 0 saturated carbocycles. The first kappa shape index (κ1) is 25.4. The Morgan fingerprint density at radius 2 is 1.92 bits per heavy atom. The van der Waals surface area contributed by atoms with Crippen molar-refractivity contribution in [2.45, 2.75) is 45.3 Å². The molecule has 2 aromatic heterocycles. The molecular weight excluding hydrogens is 488 g/mol. The number of fused-ring (bicyclic) bond motifs is 1. The van der Waals surface area contributed by atoms with Gasteiger partial charge >= 0.3 is 0 Å². The van der Waals surface area contributed by atoms with E-state index in [4.69, 9.17) is 18.9 Å². The fourth-order valence-corrected chi connectivity index (χ4v) is 4.07. The fraction of sp³-hybridized carbons (Fsp3) is 0.370. The minimum atomic E-state index is -0.202. The van der Waals surface area contributed by atoms with Gasteiger partial charge in [-0.15, -0.1) is 5.10 Å². The van der Waals surface area contributed by atoms with Gasteiger partial charge in [0.25, 0.3) is 0 Å². The normalized spacial score (nSPS) is 14.0. The first-order valence-corrected chi connectivity index (χ1v) is 12.5. The molecule has 1 aliphatic rings. The third-order valence-electron chi connectivity index (χ3n) is 6.15. The van der Waals surface area contributed by atoms with Crippen molar-refractivity contribution in [3.63, 3.8) is 0 Å². The van der Waals surface area contributed by atoms with Gasteiger partial charge < -0.3 is 24.3 Å². The topological polar surface area (TPSA) is 123 Å². The first-order valence-electron chi connectivity index (χ1n) is 12.5. The Bertz CT molecular complexity index is 1400. The van der Waals surface area contributed by atoms with Crippen LogP contribution in [0, 0.1) is 0 Å². The maximum absolute atomic E-state index is 12.4. The number of carbonyl (C=O) groups excluding carboxylic acids is 1. The van der Waals surface area contributed by atoms with Gasteiger partial charge in [0.2, 0.25) is 11.8 Å². The molecule has 198 valence electrons. The van der Waals surface area contributed by atoms with Crippen molar-refractivity contribution in [3.8, 4) is 23.1 Å². The highest BCUT2D eigenvalue weighted by Crippen LogP contribution is 2.37. The van der Waals surface area contributed by atoms with E-state index in [1.807, 2.05) is 26.0 Å². The van der Waals surface area contributed by atoms with Gasteiger partial charge in [-0.25, -0.2) is 14.6 Å². The Balaban J connectivity index is 1.26. The summed E-state index contributed by atoms with van der Waals surface area (Å²) in [4.78, 5) is 21.1. The lowest BCUT2D eigenvalue weighted by Gasteiger charge is -2.24. The molecule has 1 aliphatic heterocycles. The smallest absolute Gasteiger partial charge is 0.246 e. The minimum absolute atomic E-state index is 0.0698. The summed E-state index contributed by atoms with van der Waals surface area (Å²) in [6.07, 6.45) is 4.96. The Morgan fingerprint density at radius 1 is 1.13 bits per heavy atom. The molecule has 4 aromatic rings. The number of nitrogens with one attached hydrogen (secondary N) is 1. The monoisotopic (exact) mass is 518 g/mol. The highest BCUT2D eigenvalue weighted by Gasteiger charge is 2.19. The summed E-state index contributed by atoms with van der Waals surface area (Å²) in [5.41, 5.74) is 2.16. The number of hydrogen-bond donors (Lipinski definition) is 1. The van der Waals surface area contributed by atoms with Crippen LogP contribution >= 0.6 is 0 Å². The largest absolute Gasteiger partial charge is 0.493 e. The maximum Gasteiger partial charge on any atom is 0.246 e. The van der Waals surface area contributed by atoms with Crippen LogP contribution < -0.4 is 19.5 Å². The van der Waals surface area contributed by atoms with Crippen molar-refractivity contribution < 1.29 is 23.7 Å². The predicted octanol–water partition coefficient (Wildman–Crippen LogP) is 4.34. The van der Waals surface area contributed by atoms with E-state index >= 15 is 0 Å². The Kier molecular flexibility index (Phi) is 7.64. The number of amides is 1. The van der Waals surface area contributed by atoms with Crippen LogP contribution in [0.15, 0.2) is 48.9 Å². The molecule has 1 N–H and O–H groups in total. The number of ether oxygens (including phenoxy) is 4. The van der Waals surface area contributed by atoms with Gasteiger partial charge in [0.1, 0.15) is 24.7 Å². The van der Waals surface area contributed by atoms with Crippen LogP contribution in [-0.2, 0) is 16.1 Å². The zero-order valence-corrected chi connectivity index (χ0v) is 21.6. The second kappa shape index (κ2) is 11.4. The van der Waals surface area contributed by atoms with Crippen LogP contribution in [0.3, 0.4) is 0 Å². The zero-order chi connectivity index (χ0) is 26.5. The summed E-state index contributed by atoms with van der Waals surface area (Å²) >= 11 is 0. The molecule has 38 heavy (non-hydrogen) atoms. The molecule has 3 heterocycles. The third-order valence-corrected chi connectivity index (χ3v) is 6.15. The number of aromatic nitrogens is 5. The van der Waals surface area contributed by atoms with Gasteiger partial charge in [0, 0.05) is 30.8 Å². The SMILES string of the molecule is COc1cc2c(Oc3ccc(NC(=O)Cn4cc(C(C)C)nn4)cc3)ncnc2cc1OC1CCOCC1. The molecule has 2 aromatic carbocycles. The number of methoxy groups -OCH3 is 1. The summed E-state index contributed by atoms with van der Waals surface area (Å²) in [5, 5.41) is 11.6. The molecule has 11 heteroatoms. The van der Waals surface area contributed by atoms with Crippen molar-refractivity contribution in [1.82, 2.24) is 25.0 Å². The lowest BCUT2D eigenvalue weighted by Crippen LogP contribution is -2.26. The molecule has 0 spiro atoms. The van der Waals surface area contributed by atoms with E-state index in [1.165, 1.54) is 11.0 Å². The van der Waals surface area contributed by atoms with Gasteiger partial charge in [-0.2, -0.15) is 0 Å². The Hall–Kier alpha value is -4.25. The van der Waals surface area contributed by atoms with Gasteiger partial charge in [0.05, 0.1) is 36.9 Å². The standard InChI is InChI=1S/C27H30N6O5/c1-17(2)23-14-33(32-31-23)15-26(34)30-18-4-6-19(7-5-18)38-27-21-12-24(35-3)25(13-22(21)28-16-29-27)37-20-8-10-36-11-9-20/h4-7,12-14,16-17,20H,8-11,15H2,1-3H3,(H,30,34). The van der Waals surface area contributed by atoms with Gasteiger partial charge in [-0.1, -0.05) is 19.1 Å². The highest BCUT2D eigenvalue weighted by atomic mass is 16.5. The van der Waals surface area contributed by atoms with Gasteiger partial charge in [0.15, 0.2) is 11.5 Å². The van der Waals surface area contributed by atoms with Crippen molar-refractivity contribution in [3.05, 3.63) is 54.6 Å². The van der Waals surface area contributed by atoms with E-state index < -0.39 is 0 Å². The summed E-state index contributed by atoms with van der Waals surface area (Å²) < 4.78 is 24.8. The second-order valence-corrected chi connectivity index (χ2v) is 9.30. The summed E-state index contributed by atoms with van der Waals surface area (Å²) in [7, 11) is 1.60. The molecule has 11 nitrogen and oxygen atoms in total. The fourth-order valence-electron chi connectivity index (χ4n) is 4.07. The molecule has 5 rings (SSSR count). The molecule has 1 saturated heterocycles. The van der Waals surface area contributed by atoms with Crippen LogP contribution in [0.5, 0.6) is 23.1 Å². The minimum Gasteiger partial charge on any atom is -0.493 e. The first-order chi connectivity index (χ1) is 18.5. The lowest BCUT2D eigenvalue weighted by molar-refractivity contribution is -0.116. The molecule has 0 radical (unpaired) electrons. The number of hydrogen-bond acceptors (Lipinski definition) is 9. The molecule has 0 unspecified atom stereocenters. The molecule has 0 bridgehead atoms. The van der Waals surface area contributed by atoms with Gasteiger partial charge in [-0.3, -0.25) is 4.79 Å². The number of carbonyl (C=O) groups is 1. The van der Waals surface area contributed by atoms with Crippen LogP contribution in [-0.4, -0.2) is 57.3 Å². The number of nitrogens with zero attached hydrogens (tertiary/aromatic N) is 5. The average Bonchev–Trinajstić information content (AvgIpc) is 3.39. The highest BCUT2D eigenvalue weighted by molar-refractivity contribution is 5.90. The summed E-state index contributed by atoms with van der Waals surface area (Å²) in [6.45, 7) is 5.50. The van der Waals surface area contributed by atoms with Crippen molar-refractivity contribution in [1.29, 1.82) is 0 Å². The Labute approximate surface area is 220 Å². The van der Waals surface area contributed by atoms with Crippen molar-refractivity contribution >= 4 is 22.5 Å². The van der Waals surface area contributed by atoms with Crippen LogP contribution in [0.1, 0.15) is 38.3 Å². The number of benzene rings is 2. The predicted molar refractivity (Wildman–Crippen MR) is 140 cm³/mol. The Morgan fingerprint density at radius 3 is 2.63 bits per heavy atom. The number of anilines is 1. The molecule has 0 atom stereocenters. The second-order valence-electron chi connectivity index (χ2n) is 9.30. The summed E-state index contributed by atoms with van der Waals surface area (Å²) in [5.74, 6) is 2.20. The van der Waals surface area contributed by atoms with Crippen LogP contribution in [0.4, 0.5) is 5.69 Å². The van der Waals surface area contributed by atoms with Crippen molar-refractivity contribution in [2.24, 2.45) is 0 Å². The maximum atomic E-state index is 12.4. The van der Waals surface area contributed by atoms with E-state index in [0.717, 1.165) is 18.5 Å². The molecule has 0 aliphatic carbocycles. The van der Waals surface area contributed by atoms with Crippen molar-refractivity contribution in [2.75, 3.05) is 25.6 Å². The van der Waals surface area contributed by atoms with E-state index in [1.54, 1.807) is 37.6 Å². The number of rotatable bonds is 9. The quantitative estimate of drug-likeness (QED) is 0.345. The van der Waals surface area contributed by atoms with Crippen LogP contribution in [0.25, 0.3) is 10.9 Å². The molecule has 1 fully saturated rings. The van der Waals surface area contributed by atoms with Gasteiger partial charge in [-0.05, 0) is 36.2 Å². The molecular formula is C27H30N6O5. The average molecular weight is 519 g/mol. The summed E-state index contributed by atoms with van der Waals surface area (Å²) in [6, 6.07) is 10.7. The lowest BCUT2D eigenvalue weighted by atomic mass is 10.1. The zero-order valence-electron chi connectivity index (χ0n) is 21.6. The van der Waals surface area contributed by atoms with E-state index in [0.29, 0.717) is 52.9 Å². The third kappa shape index (κ3) is 6.00. The molecule has 1 amide bonds. The van der Waals surface area contributed by atoms with E-state index in [2.05, 4.69) is 25.6 Å².